The number of nitrogens with zero attached hydrogens (tertiary/aromatic N) is 3. The first-order valence-electron chi connectivity index (χ1n) is 8.86. The summed E-state index contributed by atoms with van der Waals surface area (Å²) in [5.41, 5.74) is 4.66. The minimum atomic E-state index is 0.704. The van der Waals surface area contributed by atoms with Gasteiger partial charge in [-0.15, -0.1) is 11.3 Å². The van der Waals surface area contributed by atoms with Crippen LogP contribution in [0.4, 0.5) is 11.5 Å². The van der Waals surface area contributed by atoms with Crippen molar-refractivity contribution in [3.63, 3.8) is 0 Å². The molecule has 0 saturated carbocycles. The summed E-state index contributed by atoms with van der Waals surface area (Å²) in [5, 5.41) is 6.43. The Balaban J connectivity index is 1.61. The van der Waals surface area contributed by atoms with Gasteiger partial charge in [-0.25, -0.2) is 9.97 Å². The number of benzene rings is 1. The molecule has 7 heteroatoms. The van der Waals surface area contributed by atoms with Gasteiger partial charge in [0.2, 0.25) is 0 Å². The Kier molecular flexibility index (Phi) is 4.14. The Morgan fingerprint density at radius 3 is 2.96 bits per heavy atom. The van der Waals surface area contributed by atoms with E-state index in [4.69, 9.17) is 4.74 Å². The number of methoxy groups -OCH3 is 1. The van der Waals surface area contributed by atoms with Gasteiger partial charge >= 0.3 is 0 Å². The maximum absolute atomic E-state index is 5.57. The van der Waals surface area contributed by atoms with Crippen LogP contribution in [0, 0.1) is 0 Å². The molecule has 3 aromatic heterocycles. The molecule has 0 amide bonds. The molecule has 0 spiro atoms. The zero-order chi connectivity index (χ0) is 18.9. The number of aromatic nitrogens is 3. The first kappa shape index (κ1) is 16.7. The highest BCUT2D eigenvalue weighted by atomic mass is 32.1. The summed E-state index contributed by atoms with van der Waals surface area (Å²) in [4.78, 5) is 17.8. The van der Waals surface area contributed by atoms with E-state index < -0.39 is 0 Å². The maximum atomic E-state index is 5.57. The third-order valence-corrected chi connectivity index (χ3v) is 5.57. The van der Waals surface area contributed by atoms with Crippen LogP contribution in [0.1, 0.15) is 5.56 Å². The largest absolute Gasteiger partial charge is 0.495 e. The van der Waals surface area contributed by atoms with Gasteiger partial charge in [-0.1, -0.05) is 12.1 Å². The van der Waals surface area contributed by atoms with Gasteiger partial charge in [0.15, 0.2) is 0 Å². The predicted molar refractivity (Wildman–Crippen MR) is 114 cm³/mol. The average molecular weight is 387 g/mol. The fourth-order valence-electron chi connectivity index (χ4n) is 3.33. The number of allylic oxidation sites excluding steroid dienone is 1. The molecule has 0 saturated heterocycles. The lowest BCUT2D eigenvalue weighted by Gasteiger charge is -2.13. The number of aromatic amines is 1. The van der Waals surface area contributed by atoms with Crippen LogP contribution in [0.25, 0.3) is 21.5 Å². The first-order valence-corrected chi connectivity index (χ1v) is 9.74. The summed E-state index contributed by atoms with van der Waals surface area (Å²) in [6.07, 6.45) is 7.54. The lowest BCUT2D eigenvalue weighted by atomic mass is 10.1. The highest BCUT2D eigenvalue weighted by Gasteiger charge is 2.17. The fourth-order valence-corrected chi connectivity index (χ4v) is 4.06. The second kappa shape index (κ2) is 6.94. The van der Waals surface area contributed by atoms with Crippen LogP contribution in [-0.4, -0.2) is 34.3 Å². The molecule has 5 rings (SSSR count). The number of aliphatic imine (C=N–C) groups is 1. The topological polar surface area (TPSA) is 75.2 Å². The Bertz CT molecular complexity index is 1210. The molecule has 4 aromatic rings. The van der Waals surface area contributed by atoms with Gasteiger partial charge in [0.05, 0.1) is 30.4 Å². The van der Waals surface area contributed by atoms with E-state index in [2.05, 4.69) is 48.8 Å². The van der Waals surface area contributed by atoms with E-state index in [0.29, 0.717) is 12.4 Å². The van der Waals surface area contributed by atoms with E-state index in [9.17, 15) is 0 Å². The number of ether oxygens (including phenoxy) is 1. The number of nitrogens with one attached hydrogen (secondary N) is 2. The summed E-state index contributed by atoms with van der Waals surface area (Å²) in [5.74, 6) is 1.47. The van der Waals surface area contributed by atoms with Gasteiger partial charge in [-0.05, 0) is 41.3 Å². The SMILES string of the molecule is COc1ccc(-c2cccs2)cc1Nc1ncnc2[nH]cc(C3=NCC=C3)c12. The van der Waals surface area contributed by atoms with Crippen LogP contribution in [-0.2, 0) is 0 Å². The van der Waals surface area contributed by atoms with Gasteiger partial charge in [0.25, 0.3) is 0 Å². The second-order valence-corrected chi connectivity index (χ2v) is 7.24. The van der Waals surface area contributed by atoms with Gasteiger partial charge in [0, 0.05) is 16.6 Å². The second-order valence-electron chi connectivity index (χ2n) is 6.29. The van der Waals surface area contributed by atoms with Crippen LogP contribution in [0.15, 0.2) is 65.4 Å². The van der Waals surface area contributed by atoms with Gasteiger partial charge in [-0.2, -0.15) is 0 Å². The summed E-state index contributed by atoms with van der Waals surface area (Å²) in [6.45, 7) is 0.704. The monoisotopic (exact) mass is 387 g/mol. The summed E-state index contributed by atoms with van der Waals surface area (Å²) >= 11 is 1.71. The number of hydrogen-bond acceptors (Lipinski definition) is 6. The predicted octanol–water partition coefficient (Wildman–Crippen LogP) is 4.80. The molecule has 6 nitrogen and oxygen atoms in total. The van der Waals surface area contributed by atoms with Crippen molar-refractivity contribution in [1.29, 1.82) is 0 Å². The smallest absolute Gasteiger partial charge is 0.144 e. The first-order chi connectivity index (χ1) is 13.8. The third kappa shape index (κ3) is 2.86. The van der Waals surface area contributed by atoms with Crippen LogP contribution >= 0.6 is 11.3 Å². The molecule has 1 aliphatic heterocycles. The number of thiophene rings is 1. The number of hydrogen-bond donors (Lipinski definition) is 2. The zero-order valence-corrected chi connectivity index (χ0v) is 16.0. The molecule has 1 aromatic carbocycles. The zero-order valence-electron chi connectivity index (χ0n) is 15.1. The van der Waals surface area contributed by atoms with Crippen molar-refractivity contribution in [3.8, 4) is 16.2 Å². The highest BCUT2D eigenvalue weighted by molar-refractivity contribution is 7.13. The molecule has 0 bridgehead atoms. The maximum Gasteiger partial charge on any atom is 0.144 e. The van der Waals surface area contributed by atoms with E-state index in [1.54, 1.807) is 24.8 Å². The molecule has 0 atom stereocenters. The lowest BCUT2D eigenvalue weighted by Crippen LogP contribution is -2.01. The minimum Gasteiger partial charge on any atom is -0.495 e. The normalized spacial score (nSPS) is 13.1. The number of anilines is 2. The number of fused-ring (bicyclic) bond motifs is 1. The molecule has 138 valence electrons. The van der Waals surface area contributed by atoms with Gasteiger partial charge in [0.1, 0.15) is 23.5 Å². The molecule has 0 fully saturated rings. The van der Waals surface area contributed by atoms with Crippen molar-refractivity contribution >= 4 is 39.6 Å². The Labute approximate surface area is 165 Å². The summed E-state index contributed by atoms with van der Waals surface area (Å²) in [6, 6.07) is 10.3. The quantitative estimate of drug-likeness (QED) is 0.516. The third-order valence-electron chi connectivity index (χ3n) is 4.65. The van der Waals surface area contributed by atoms with Crippen molar-refractivity contribution in [3.05, 3.63) is 66.0 Å². The molecule has 2 N–H and O–H groups in total. The average Bonchev–Trinajstić information content (AvgIpc) is 3.49. The van der Waals surface area contributed by atoms with Gasteiger partial charge < -0.3 is 15.0 Å². The molecule has 1 aliphatic rings. The van der Waals surface area contributed by atoms with Crippen molar-refractivity contribution in [2.45, 2.75) is 0 Å². The Morgan fingerprint density at radius 1 is 1.21 bits per heavy atom. The van der Waals surface area contributed by atoms with E-state index in [-0.39, 0.29) is 0 Å². The van der Waals surface area contributed by atoms with Crippen molar-refractivity contribution in [1.82, 2.24) is 15.0 Å². The Hall–Kier alpha value is -3.45. The minimum absolute atomic E-state index is 0.704. The van der Waals surface area contributed by atoms with Crippen LogP contribution in [0.5, 0.6) is 5.75 Å². The molecule has 4 heterocycles. The standard InChI is InChI=1S/C21H17N5OS/c1-27-17-7-6-13(18-5-3-9-28-18)10-16(17)26-21-19-14(15-4-2-8-22-15)11-23-20(19)24-12-25-21/h2-7,9-12H,8H2,1H3,(H2,23,24,25,26). The molecule has 0 aliphatic carbocycles. The summed E-state index contributed by atoms with van der Waals surface area (Å²) in [7, 11) is 1.67. The van der Waals surface area contributed by atoms with Crippen molar-refractivity contribution in [2.24, 2.45) is 4.99 Å². The van der Waals surface area contributed by atoms with Crippen LogP contribution in [0.3, 0.4) is 0 Å². The molecule has 0 unspecified atom stereocenters. The van der Waals surface area contributed by atoms with Crippen molar-refractivity contribution in [2.75, 3.05) is 19.0 Å². The molecular weight excluding hydrogens is 370 g/mol. The molecular formula is C21H17N5OS. The molecule has 28 heavy (non-hydrogen) atoms. The van der Waals surface area contributed by atoms with E-state index in [0.717, 1.165) is 39.3 Å². The van der Waals surface area contributed by atoms with E-state index >= 15 is 0 Å². The highest BCUT2D eigenvalue weighted by Crippen LogP contribution is 2.36. The van der Waals surface area contributed by atoms with Crippen molar-refractivity contribution < 1.29 is 4.74 Å². The summed E-state index contributed by atoms with van der Waals surface area (Å²) < 4.78 is 5.57. The number of rotatable bonds is 5. The number of H-pyrrole nitrogens is 1. The Morgan fingerprint density at radius 2 is 2.18 bits per heavy atom. The van der Waals surface area contributed by atoms with E-state index in [1.165, 1.54) is 4.88 Å². The van der Waals surface area contributed by atoms with E-state index in [1.807, 2.05) is 30.5 Å². The lowest BCUT2D eigenvalue weighted by molar-refractivity contribution is 0.417. The van der Waals surface area contributed by atoms with Gasteiger partial charge in [-0.3, -0.25) is 4.99 Å². The molecule has 0 radical (unpaired) electrons. The van der Waals surface area contributed by atoms with Crippen LogP contribution < -0.4 is 10.1 Å². The van der Waals surface area contributed by atoms with Crippen LogP contribution in [0.2, 0.25) is 0 Å². The fraction of sp³-hybridized carbons (Fsp3) is 0.0952.